The van der Waals surface area contributed by atoms with Crippen LogP contribution in [-0.4, -0.2) is 23.5 Å². The maximum Gasteiger partial charge on any atom is 0.232 e. The first-order chi connectivity index (χ1) is 11.9. The molecule has 0 saturated carbocycles. The summed E-state index contributed by atoms with van der Waals surface area (Å²) in [6, 6.07) is 6.65. The molecule has 25 heavy (non-hydrogen) atoms. The number of benzene rings is 1. The van der Waals surface area contributed by atoms with E-state index >= 15 is 0 Å². The van der Waals surface area contributed by atoms with Crippen molar-refractivity contribution < 1.29 is 19.2 Å². The molecule has 0 unspecified atom stereocenters. The second-order valence-electron chi connectivity index (χ2n) is 6.22. The van der Waals surface area contributed by atoms with Crippen molar-refractivity contribution in [3.8, 4) is 0 Å². The number of allylic oxidation sites excluding steroid dienone is 1. The number of rotatable bonds is 3. The molecule has 1 atom stereocenters. The van der Waals surface area contributed by atoms with Gasteiger partial charge in [-0.15, -0.1) is 0 Å². The lowest BCUT2D eigenvalue weighted by molar-refractivity contribution is -0.128. The summed E-state index contributed by atoms with van der Waals surface area (Å²) < 4.78 is 0. The third-order valence-electron chi connectivity index (χ3n) is 4.27. The minimum Gasteiger partial charge on any atom is -0.329 e. The summed E-state index contributed by atoms with van der Waals surface area (Å²) in [6.45, 7) is 1.41. The van der Waals surface area contributed by atoms with Crippen molar-refractivity contribution in [1.82, 2.24) is 5.32 Å². The molecule has 1 aromatic rings. The van der Waals surface area contributed by atoms with Crippen LogP contribution in [0.4, 0.5) is 11.4 Å². The molecule has 1 aliphatic heterocycles. The summed E-state index contributed by atoms with van der Waals surface area (Å²) in [5, 5.41) is 8.11. The zero-order valence-corrected chi connectivity index (χ0v) is 13.8. The van der Waals surface area contributed by atoms with Crippen LogP contribution in [0.5, 0.6) is 0 Å². The van der Waals surface area contributed by atoms with E-state index in [1.54, 1.807) is 24.3 Å². The molecular formula is C18H19N3O4. The van der Waals surface area contributed by atoms with Crippen LogP contribution >= 0.6 is 0 Å². The lowest BCUT2D eigenvalue weighted by Crippen LogP contribution is -2.41. The average Bonchev–Trinajstić information content (AvgIpc) is 2.55. The van der Waals surface area contributed by atoms with Crippen molar-refractivity contribution in [3.05, 3.63) is 35.5 Å². The van der Waals surface area contributed by atoms with Gasteiger partial charge < -0.3 is 16.0 Å². The molecule has 0 aromatic heterocycles. The molecule has 3 rings (SSSR count). The molecule has 2 aliphatic rings. The molecule has 1 heterocycles. The number of hydrogen-bond donors (Lipinski definition) is 3. The molecule has 0 fully saturated rings. The van der Waals surface area contributed by atoms with E-state index in [4.69, 9.17) is 0 Å². The van der Waals surface area contributed by atoms with Crippen molar-refractivity contribution >= 4 is 34.9 Å². The molecule has 0 spiro atoms. The largest absolute Gasteiger partial charge is 0.329 e. The first kappa shape index (κ1) is 16.9. The fourth-order valence-electron chi connectivity index (χ4n) is 3.20. The van der Waals surface area contributed by atoms with Gasteiger partial charge in [-0.25, -0.2) is 0 Å². The van der Waals surface area contributed by atoms with Crippen LogP contribution in [0.25, 0.3) is 0 Å². The zero-order valence-electron chi connectivity index (χ0n) is 13.8. The average molecular weight is 341 g/mol. The Labute approximate surface area is 144 Å². The predicted molar refractivity (Wildman–Crippen MR) is 91.5 cm³/mol. The second-order valence-corrected chi connectivity index (χ2v) is 6.22. The number of ketones is 1. The number of nitrogens with one attached hydrogen (secondary N) is 3. The molecule has 7 nitrogen and oxygen atoms in total. The molecule has 1 aromatic carbocycles. The second kappa shape index (κ2) is 6.88. The lowest BCUT2D eigenvalue weighted by atomic mass is 9.81. The Bertz CT molecular complexity index is 780. The van der Waals surface area contributed by atoms with Crippen molar-refractivity contribution in [2.45, 2.75) is 32.6 Å². The van der Waals surface area contributed by atoms with Crippen LogP contribution in [0.2, 0.25) is 0 Å². The third-order valence-corrected chi connectivity index (χ3v) is 4.27. The van der Waals surface area contributed by atoms with E-state index in [2.05, 4.69) is 16.0 Å². The van der Waals surface area contributed by atoms with E-state index in [1.807, 2.05) is 0 Å². The summed E-state index contributed by atoms with van der Waals surface area (Å²) in [7, 11) is 0. The summed E-state index contributed by atoms with van der Waals surface area (Å²) in [5.74, 6) is -1.62. The summed E-state index contributed by atoms with van der Waals surface area (Å²) >= 11 is 0. The first-order valence-electron chi connectivity index (χ1n) is 8.18. The molecule has 130 valence electrons. The monoisotopic (exact) mass is 341 g/mol. The van der Waals surface area contributed by atoms with Gasteiger partial charge in [0.1, 0.15) is 0 Å². The first-order valence-corrected chi connectivity index (χ1v) is 8.18. The highest BCUT2D eigenvalue weighted by Gasteiger charge is 2.37. The van der Waals surface area contributed by atoms with Crippen LogP contribution in [0, 0.1) is 5.92 Å². The number of Topliss-reactive ketones (excluding diaryl/α,β-unsaturated/α-hetero) is 1. The minimum absolute atomic E-state index is 0.0274. The summed E-state index contributed by atoms with van der Waals surface area (Å²) in [6.07, 6.45) is 1.68. The van der Waals surface area contributed by atoms with Gasteiger partial charge in [-0.05, 0) is 37.1 Å². The Morgan fingerprint density at radius 1 is 1.04 bits per heavy atom. The normalized spacial score (nSPS) is 19.8. The van der Waals surface area contributed by atoms with Crippen LogP contribution in [-0.2, 0) is 19.2 Å². The molecule has 3 N–H and O–H groups in total. The fraction of sp³-hybridized carbons (Fsp3) is 0.333. The molecule has 0 radical (unpaired) electrons. The number of carbonyl (C=O) groups is 4. The maximum absolute atomic E-state index is 12.6. The standard InChI is InChI=1S/C18H19N3O4/c1-10(22)19-11-5-7-12(8-6-11)20-18(25)13-9-16(24)21-14-3-2-4-15(23)17(13)14/h5-8,13H,2-4,9H2,1H3,(H,19,22)(H,20,25)(H,21,24)/t13-/m1/s1. The minimum atomic E-state index is -0.758. The van der Waals surface area contributed by atoms with Gasteiger partial charge in [-0.3, -0.25) is 19.2 Å². The molecule has 7 heteroatoms. The van der Waals surface area contributed by atoms with Gasteiger partial charge in [0.25, 0.3) is 0 Å². The summed E-state index contributed by atoms with van der Waals surface area (Å²) in [4.78, 5) is 47.7. The smallest absolute Gasteiger partial charge is 0.232 e. The number of hydrogen-bond acceptors (Lipinski definition) is 4. The highest BCUT2D eigenvalue weighted by atomic mass is 16.2. The quantitative estimate of drug-likeness (QED) is 0.778. The molecular weight excluding hydrogens is 322 g/mol. The van der Waals surface area contributed by atoms with Gasteiger partial charge in [0.15, 0.2) is 5.78 Å². The maximum atomic E-state index is 12.6. The molecule has 1 aliphatic carbocycles. The van der Waals surface area contributed by atoms with Crippen molar-refractivity contribution in [2.75, 3.05) is 10.6 Å². The predicted octanol–water partition coefficient (Wildman–Crippen LogP) is 1.73. The number of anilines is 2. The Morgan fingerprint density at radius 3 is 2.32 bits per heavy atom. The Morgan fingerprint density at radius 2 is 1.68 bits per heavy atom. The fourth-order valence-corrected chi connectivity index (χ4v) is 3.20. The van der Waals surface area contributed by atoms with Crippen molar-refractivity contribution in [1.29, 1.82) is 0 Å². The highest BCUT2D eigenvalue weighted by Crippen LogP contribution is 2.32. The topological polar surface area (TPSA) is 104 Å². The van der Waals surface area contributed by atoms with Gasteiger partial charge >= 0.3 is 0 Å². The van der Waals surface area contributed by atoms with Gasteiger partial charge in [0.05, 0.1) is 5.92 Å². The van der Waals surface area contributed by atoms with E-state index in [0.29, 0.717) is 41.9 Å². The van der Waals surface area contributed by atoms with Crippen molar-refractivity contribution in [2.24, 2.45) is 5.92 Å². The van der Waals surface area contributed by atoms with Crippen LogP contribution in [0.15, 0.2) is 35.5 Å². The van der Waals surface area contributed by atoms with E-state index < -0.39 is 5.92 Å². The van der Waals surface area contributed by atoms with Gasteiger partial charge in [0, 0.05) is 42.4 Å². The van der Waals surface area contributed by atoms with Crippen LogP contribution in [0.3, 0.4) is 0 Å². The molecule has 0 bridgehead atoms. The van der Waals surface area contributed by atoms with E-state index in [9.17, 15) is 19.2 Å². The van der Waals surface area contributed by atoms with Gasteiger partial charge in [-0.2, -0.15) is 0 Å². The lowest BCUT2D eigenvalue weighted by Gasteiger charge is -2.30. The van der Waals surface area contributed by atoms with E-state index in [1.165, 1.54) is 6.92 Å². The Kier molecular flexibility index (Phi) is 4.65. The van der Waals surface area contributed by atoms with E-state index in [0.717, 1.165) is 0 Å². The molecule has 0 saturated heterocycles. The SMILES string of the molecule is CC(=O)Nc1ccc(NC(=O)[C@@H]2CC(=O)NC3=C2C(=O)CCC3)cc1. The van der Waals surface area contributed by atoms with E-state index in [-0.39, 0.29) is 29.9 Å². The highest BCUT2D eigenvalue weighted by molar-refractivity contribution is 6.09. The third kappa shape index (κ3) is 3.76. The number of amides is 3. The zero-order chi connectivity index (χ0) is 18.0. The van der Waals surface area contributed by atoms with Gasteiger partial charge in [0.2, 0.25) is 17.7 Å². The van der Waals surface area contributed by atoms with Crippen LogP contribution in [0.1, 0.15) is 32.6 Å². The molecule has 3 amide bonds. The van der Waals surface area contributed by atoms with Gasteiger partial charge in [-0.1, -0.05) is 0 Å². The van der Waals surface area contributed by atoms with Crippen LogP contribution < -0.4 is 16.0 Å². The Balaban J connectivity index is 1.76. The summed E-state index contributed by atoms with van der Waals surface area (Å²) in [5.41, 5.74) is 2.19. The number of carbonyl (C=O) groups excluding carboxylic acids is 4. The Hall–Kier alpha value is -2.96. The van der Waals surface area contributed by atoms with Crippen molar-refractivity contribution in [3.63, 3.8) is 0 Å².